The molecule has 0 aromatic carbocycles. The molecule has 1 unspecified atom stereocenters. The van der Waals surface area contributed by atoms with Crippen molar-refractivity contribution < 1.29 is 14.7 Å². The van der Waals surface area contributed by atoms with Gasteiger partial charge in [0.05, 0.1) is 32.3 Å². The molecule has 3 atom stereocenters. The van der Waals surface area contributed by atoms with Crippen molar-refractivity contribution in [3.8, 4) is 0 Å². The minimum Gasteiger partial charge on any atom is -0.396 e. The van der Waals surface area contributed by atoms with E-state index in [2.05, 4.69) is 0 Å². The summed E-state index contributed by atoms with van der Waals surface area (Å²) in [7, 11) is 0. The Morgan fingerprint density at radius 3 is 2.53 bits per heavy atom. The minimum absolute atomic E-state index is 0.300. The van der Waals surface area contributed by atoms with E-state index in [1.807, 2.05) is 0 Å². The summed E-state index contributed by atoms with van der Waals surface area (Å²) in [4.78, 5) is 0. The lowest BCUT2D eigenvalue weighted by atomic mass is 9.81. The van der Waals surface area contributed by atoms with Crippen LogP contribution in [0.5, 0.6) is 0 Å². The molecule has 3 heteroatoms. The quantitative estimate of drug-likeness (QED) is 0.681. The van der Waals surface area contributed by atoms with E-state index in [-0.39, 0.29) is 0 Å². The summed E-state index contributed by atoms with van der Waals surface area (Å²) < 4.78 is 1.10. The van der Waals surface area contributed by atoms with Gasteiger partial charge in [0.15, 0.2) is 0 Å². The first-order chi connectivity index (χ1) is 7.32. The maximum absolute atomic E-state index is 9.44. The number of hydrogen-bond acceptors (Lipinski definition) is 2. The molecule has 3 nitrogen and oxygen atoms in total. The van der Waals surface area contributed by atoms with Crippen LogP contribution in [0.4, 0.5) is 0 Å². The first-order valence-electron chi connectivity index (χ1n) is 6.40. The van der Waals surface area contributed by atoms with Gasteiger partial charge in [0, 0.05) is 12.3 Å². The minimum atomic E-state index is 0.300. The normalized spacial score (nSPS) is 41.2. The molecule has 2 fully saturated rings. The Morgan fingerprint density at radius 2 is 1.80 bits per heavy atom. The van der Waals surface area contributed by atoms with Gasteiger partial charge in [-0.2, -0.15) is 0 Å². The molecule has 15 heavy (non-hydrogen) atoms. The van der Waals surface area contributed by atoms with Crippen LogP contribution >= 0.6 is 0 Å². The number of nitrogens with zero attached hydrogens (tertiary/aromatic N) is 1. The van der Waals surface area contributed by atoms with Crippen LogP contribution in [0.15, 0.2) is 0 Å². The summed E-state index contributed by atoms with van der Waals surface area (Å²) in [6.45, 7) is 4.00. The molecule has 2 rings (SSSR count). The van der Waals surface area contributed by atoms with E-state index in [0.717, 1.165) is 11.0 Å². The highest BCUT2D eigenvalue weighted by Gasteiger charge is 2.45. The van der Waals surface area contributed by atoms with Crippen LogP contribution in [0.25, 0.3) is 0 Å². The molecule has 0 aliphatic carbocycles. The van der Waals surface area contributed by atoms with Crippen molar-refractivity contribution in [2.45, 2.75) is 38.1 Å². The topological polar surface area (TPSA) is 40.5 Å². The fourth-order valence-electron chi connectivity index (χ4n) is 3.84. The summed E-state index contributed by atoms with van der Waals surface area (Å²) in [5, 5.41) is 18.7. The summed E-state index contributed by atoms with van der Waals surface area (Å²) in [6.07, 6.45) is 6.28. The number of fused-ring (bicyclic) bond motifs is 1. The maximum atomic E-state index is 9.44. The van der Waals surface area contributed by atoms with Gasteiger partial charge >= 0.3 is 0 Å². The fourth-order valence-corrected chi connectivity index (χ4v) is 3.84. The lowest BCUT2D eigenvalue weighted by Gasteiger charge is -2.53. The van der Waals surface area contributed by atoms with Crippen molar-refractivity contribution in [2.24, 2.45) is 5.92 Å². The summed E-state index contributed by atoms with van der Waals surface area (Å²) in [5.74, 6) is 0.491. The Labute approximate surface area is 92.3 Å². The fraction of sp³-hybridized carbons (Fsp3) is 1.00. The second kappa shape index (κ2) is 4.81. The van der Waals surface area contributed by atoms with Crippen LogP contribution in [0.3, 0.4) is 0 Å². The van der Waals surface area contributed by atoms with Crippen LogP contribution in [0.2, 0.25) is 0 Å². The van der Waals surface area contributed by atoms with E-state index in [9.17, 15) is 10.2 Å². The highest BCUT2D eigenvalue weighted by Crippen LogP contribution is 2.36. The Kier molecular flexibility index (Phi) is 3.65. The molecule has 0 saturated carbocycles. The number of piperidine rings is 2. The molecule has 88 valence electrons. The summed E-state index contributed by atoms with van der Waals surface area (Å²) in [6, 6.07) is 0.629. The van der Waals surface area contributed by atoms with Crippen LogP contribution in [0.1, 0.15) is 32.1 Å². The van der Waals surface area contributed by atoms with Gasteiger partial charge in [-0.3, -0.25) is 0 Å². The van der Waals surface area contributed by atoms with Gasteiger partial charge < -0.3 is 14.7 Å². The molecule has 0 bridgehead atoms. The van der Waals surface area contributed by atoms with Gasteiger partial charge in [-0.05, 0) is 25.7 Å². The molecular formula is C12H24NO2+. The van der Waals surface area contributed by atoms with E-state index in [4.69, 9.17) is 0 Å². The predicted molar refractivity (Wildman–Crippen MR) is 59.4 cm³/mol. The second-order valence-electron chi connectivity index (χ2n) is 5.26. The average Bonchev–Trinajstić information content (AvgIpc) is 2.28. The first-order valence-corrected chi connectivity index (χ1v) is 6.40. The number of quaternary nitrogens is 1. The lowest BCUT2D eigenvalue weighted by molar-refractivity contribution is -0.964. The van der Waals surface area contributed by atoms with Crippen molar-refractivity contribution in [1.29, 1.82) is 0 Å². The molecule has 0 aromatic rings. The van der Waals surface area contributed by atoms with Gasteiger partial charge in [-0.25, -0.2) is 0 Å². The maximum Gasteiger partial charge on any atom is 0.102 e. The van der Waals surface area contributed by atoms with Gasteiger partial charge in [0.2, 0.25) is 0 Å². The third kappa shape index (κ3) is 2.05. The summed E-state index contributed by atoms with van der Waals surface area (Å²) >= 11 is 0. The van der Waals surface area contributed by atoms with Crippen LogP contribution in [-0.4, -0.2) is 53.6 Å². The first kappa shape index (κ1) is 11.4. The lowest BCUT2D eigenvalue weighted by Crippen LogP contribution is -2.64. The van der Waals surface area contributed by atoms with Crippen molar-refractivity contribution in [1.82, 2.24) is 0 Å². The van der Waals surface area contributed by atoms with E-state index >= 15 is 0 Å². The SMILES string of the molecule is OCC[N+]12CCCC[C@@H]1[C@H](CO)CCC2. The molecular weight excluding hydrogens is 190 g/mol. The smallest absolute Gasteiger partial charge is 0.102 e. The third-order valence-electron chi connectivity index (χ3n) is 4.56. The largest absolute Gasteiger partial charge is 0.396 e. The van der Waals surface area contributed by atoms with E-state index < -0.39 is 0 Å². The standard InChI is InChI=1S/C12H24NO2/c14-9-8-13-6-2-1-5-12(13)11(10-15)4-3-7-13/h11-12,14-15H,1-10H2/q+1/t11-,12+,13?/m0/s1. The molecule has 2 N–H and O–H groups in total. The number of rotatable bonds is 3. The van der Waals surface area contributed by atoms with Crippen LogP contribution in [0, 0.1) is 5.92 Å². The van der Waals surface area contributed by atoms with Gasteiger partial charge in [-0.15, -0.1) is 0 Å². The van der Waals surface area contributed by atoms with E-state index in [1.165, 1.54) is 45.2 Å². The molecule has 0 spiro atoms. The number of aliphatic hydroxyl groups excluding tert-OH is 2. The second-order valence-corrected chi connectivity index (χ2v) is 5.26. The molecule has 0 radical (unpaired) electrons. The van der Waals surface area contributed by atoms with Crippen LogP contribution < -0.4 is 0 Å². The number of hydrogen-bond donors (Lipinski definition) is 2. The van der Waals surface area contributed by atoms with Crippen molar-refractivity contribution in [3.63, 3.8) is 0 Å². The molecule has 2 saturated heterocycles. The van der Waals surface area contributed by atoms with Gasteiger partial charge in [-0.1, -0.05) is 0 Å². The number of aliphatic hydroxyl groups is 2. The molecule has 0 aromatic heterocycles. The Hall–Kier alpha value is -0.120. The van der Waals surface area contributed by atoms with Crippen molar-refractivity contribution in [2.75, 3.05) is 32.8 Å². The monoisotopic (exact) mass is 214 g/mol. The molecule has 2 heterocycles. The molecule has 0 amide bonds. The third-order valence-corrected chi connectivity index (χ3v) is 4.56. The highest BCUT2D eigenvalue weighted by molar-refractivity contribution is 4.79. The average molecular weight is 214 g/mol. The zero-order valence-corrected chi connectivity index (χ0v) is 9.57. The highest BCUT2D eigenvalue weighted by atomic mass is 16.3. The zero-order valence-electron chi connectivity index (χ0n) is 9.57. The van der Waals surface area contributed by atoms with E-state index in [1.54, 1.807) is 0 Å². The van der Waals surface area contributed by atoms with Crippen molar-refractivity contribution >= 4 is 0 Å². The Morgan fingerprint density at radius 1 is 1.00 bits per heavy atom. The van der Waals surface area contributed by atoms with E-state index in [0.29, 0.717) is 25.2 Å². The van der Waals surface area contributed by atoms with Crippen LogP contribution in [-0.2, 0) is 0 Å². The summed E-state index contributed by atoms with van der Waals surface area (Å²) in [5.41, 5.74) is 0. The van der Waals surface area contributed by atoms with Gasteiger partial charge in [0.1, 0.15) is 6.54 Å². The Balaban J connectivity index is 2.13. The van der Waals surface area contributed by atoms with Crippen molar-refractivity contribution in [3.05, 3.63) is 0 Å². The molecule has 2 aliphatic heterocycles. The predicted octanol–water partition coefficient (Wildman–Crippen LogP) is 0.750. The van der Waals surface area contributed by atoms with Gasteiger partial charge in [0.25, 0.3) is 0 Å². The Bertz CT molecular complexity index is 200. The molecule has 2 aliphatic rings. The zero-order chi connectivity index (χ0) is 10.7.